The molecule has 0 saturated heterocycles. The van der Waals surface area contributed by atoms with Gasteiger partial charge in [0.2, 0.25) is 0 Å². The maximum absolute atomic E-state index is 12.7. The van der Waals surface area contributed by atoms with Gasteiger partial charge in [0, 0.05) is 24.2 Å². The van der Waals surface area contributed by atoms with Crippen molar-refractivity contribution in [2.45, 2.75) is 52.9 Å². The second kappa shape index (κ2) is 8.93. The molecule has 0 aliphatic carbocycles. The van der Waals surface area contributed by atoms with Crippen LogP contribution in [0.1, 0.15) is 63.6 Å². The van der Waals surface area contributed by atoms with Crippen molar-refractivity contribution < 1.29 is 14.3 Å². The van der Waals surface area contributed by atoms with Gasteiger partial charge in [-0.05, 0) is 31.0 Å². The number of carbonyl (C=O) groups excluding carboxylic acids is 1. The average molecular weight is 373 g/mol. The lowest BCUT2D eigenvalue weighted by Gasteiger charge is -2.14. The first kappa shape index (κ1) is 20.8. The first-order valence-electron chi connectivity index (χ1n) is 9.51. The third-order valence-corrected chi connectivity index (χ3v) is 4.01. The summed E-state index contributed by atoms with van der Waals surface area (Å²) in [4.78, 5) is 12.7. The number of anilines is 1. The van der Waals surface area contributed by atoms with E-state index in [1.54, 1.807) is 17.8 Å². The van der Waals surface area contributed by atoms with Gasteiger partial charge in [0.15, 0.2) is 11.5 Å². The molecule has 0 bridgehead atoms. The Labute approximate surface area is 161 Å². The van der Waals surface area contributed by atoms with Gasteiger partial charge in [0.1, 0.15) is 5.69 Å². The van der Waals surface area contributed by atoms with E-state index in [-0.39, 0.29) is 11.3 Å². The highest BCUT2D eigenvalue weighted by molar-refractivity contribution is 6.03. The smallest absolute Gasteiger partial charge is 0.273 e. The van der Waals surface area contributed by atoms with Crippen molar-refractivity contribution >= 4 is 11.6 Å². The van der Waals surface area contributed by atoms with Gasteiger partial charge in [-0.2, -0.15) is 5.10 Å². The third-order valence-electron chi connectivity index (χ3n) is 4.01. The van der Waals surface area contributed by atoms with Crippen LogP contribution in [0.15, 0.2) is 24.3 Å². The molecule has 0 radical (unpaired) electrons. The average Bonchev–Trinajstić information content (AvgIpc) is 3.01. The van der Waals surface area contributed by atoms with Crippen molar-refractivity contribution in [3.05, 3.63) is 35.7 Å². The standard InChI is InChI=1S/C21H31N3O3/c1-7-11-26-17-10-9-15(13-18(17)27-12-8-2)22-20(25)16-14-19(21(3,4)5)23-24(16)6/h9-10,13-14H,7-8,11-12H2,1-6H3,(H,22,25). The van der Waals surface area contributed by atoms with E-state index >= 15 is 0 Å². The Kier molecular flexibility index (Phi) is 6.88. The van der Waals surface area contributed by atoms with Crippen LogP contribution in [0, 0.1) is 0 Å². The highest BCUT2D eigenvalue weighted by atomic mass is 16.5. The zero-order chi connectivity index (χ0) is 20.0. The quantitative estimate of drug-likeness (QED) is 0.737. The molecule has 1 N–H and O–H groups in total. The van der Waals surface area contributed by atoms with Gasteiger partial charge in [-0.15, -0.1) is 0 Å². The Balaban J connectivity index is 2.21. The maximum Gasteiger partial charge on any atom is 0.273 e. The van der Waals surface area contributed by atoms with Crippen molar-refractivity contribution in [3.63, 3.8) is 0 Å². The minimum absolute atomic E-state index is 0.115. The number of aromatic nitrogens is 2. The lowest BCUT2D eigenvalue weighted by atomic mass is 9.92. The van der Waals surface area contributed by atoms with Crippen LogP contribution in [0.4, 0.5) is 5.69 Å². The Morgan fingerprint density at radius 1 is 1.07 bits per heavy atom. The van der Waals surface area contributed by atoms with Crippen LogP contribution in [-0.4, -0.2) is 28.9 Å². The van der Waals surface area contributed by atoms with E-state index in [0.717, 1.165) is 18.5 Å². The van der Waals surface area contributed by atoms with Crippen LogP contribution >= 0.6 is 0 Å². The van der Waals surface area contributed by atoms with Gasteiger partial charge >= 0.3 is 0 Å². The van der Waals surface area contributed by atoms with E-state index < -0.39 is 0 Å². The SMILES string of the molecule is CCCOc1ccc(NC(=O)c2cc(C(C)(C)C)nn2C)cc1OCCC. The molecular formula is C21H31N3O3. The van der Waals surface area contributed by atoms with E-state index in [9.17, 15) is 4.79 Å². The number of hydrogen-bond acceptors (Lipinski definition) is 4. The highest BCUT2D eigenvalue weighted by Crippen LogP contribution is 2.31. The summed E-state index contributed by atoms with van der Waals surface area (Å²) in [5.74, 6) is 1.13. The van der Waals surface area contributed by atoms with Crippen LogP contribution in [0.2, 0.25) is 0 Å². The van der Waals surface area contributed by atoms with E-state index in [2.05, 4.69) is 38.1 Å². The van der Waals surface area contributed by atoms with Gasteiger partial charge in [-0.1, -0.05) is 34.6 Å². The lowest BCUT2D eigenvalue weighted by molar-refractivity contribution is 0.101. The van der Waals surface area contributed by atoms with Crippen LogP contribution in [-0.2, 0) is 12.5 Å². The molecule has 1 amide bonds. The largest absolute Gasteiger partial charge is 0.490 e. The van der Waals surface area contributed by atoms with Gasteiger partial charge in [-0.3, -0.25) is 9.48 Å². The molecule has 27 heavy (non-hydrogen) atoms. The Morgan fingerprint density at radius 2 is 1.70 bits per heavy atom. The molecular weight excluding hydrogens is 342 g/mol. The fraction of sp³-hybridized carbons (Fsp3) is 0.524. The van der Waals surface area contributed by atoms with Crippen molar-refractivity contribution in [2.75, 3.05) is 18.5 Å². The first-order chi connectivity index (χ1) is 12.8. The monoisotopic (exact) mass is 373 g/mol. The Morgan fingerprint density at radius 3 is 2.26 bits per heavy atom. The number of carbonyl (C=O) groups is 1. The van der Waals surface area contributed by atoms with Gasteiger partial charge < -0.3 is 14.8 Å². The van der Waals surface area contributed by atoms with E-state index in [4.69, 9.17) is 9.47 Å². The molecule has 0 spiro atoms. The van der Waals surface area contributed by atoms with Crippen molar-refractivity contribution in [1.29, 1.82) is 0 Å². The van der Waals surface area contributed by atoms with Gasteiger partial charge in [0.25, 0.3) is 5.91 Å². The summed E-state index contributed by atoms with van der Waals surface area (Å²) >= 11 is 0. The first-order valence-corrected chi connectivity index (χ1v) is 9.51. The van der Waals surface area contributed by atoms with E-state index in [1.807, 2.05) is 25.1 Å². The molecule has 0 fully saturated rings. The van der Waals surface area contributed by atoms with Crippen LogP contribution in [0.5, 0.6) is 11.5 Å². The van der Waals surface area contributed by atoms with Crippen molar-refractivity contribution in [2.24, 2.45) is 7.05 Å². The zero-order valence-electron chi connectivity index (χ0n) is 17.3. The summed E-state index contributed by atoms with van der Waals surface area (Å²) in [7, 11) is 1.78. The van der Waals surface area contributed by atoms with Crippen molar-refractivity contribution in [1.82, 2.24) is 9.78 Å². The normalized spacial score (nSPS) is 11.3. The number of ether oxygens (including phenoxy) is 2. The van der Waals surface area contributed by atoms with E-state index in [1.165, 1.54) is 0 Å². The predicted octanol–water partition coefficient (Wildman–Crippen LogP) is 4.55. The van der Waals surface area contributed by atoms with Crippen LogP contribution < -0.4 is 14.8 Å². The summed E-state index contributed by atoms with van der Waals surface area (Å²) in [6.45, 7) is 11.5. The summed E-state index contributed by atoms with van der Waals surface area (Å²) in [6, 6.07) is 7.30. The molecule has 0 atom stereocenters. The molecule has 2 rings (SSSR count). The topological polar surface area (TPSA) is 65.4 Å². The molecule has 0 unspecified atom stereocenters. The zero-order valence-corrected chi connectivity index (χ0v) is 17.3. The third kappa shape index (κ3) is 5.49. The minimum atomic E-state index is -0.204. The number of nitrogens with zero attached hydrogens (tertiary/aromatic N) is 2. The van der Waals surface area contributed by atoms with Crippen LogP contribution in [0.25, 0.3) is 0 Å². The minimum Gasteiger partial charge on any atom is -0.490 e. The molecule has 0 aliphatic rings. The molecule has 1 aromatic carbocycles. The fourth-order valence-corrected chi connectivity index (χ4v) is 2.48. The van der Waals surface area contributed by atoms with Gasteiger partial charge in [0.05, 0.1) is 18.9 Å². The number of hydrogen-bond donors (Lipinski definition) is 1. The van der Waals surface area contributed by atoms with Gasteiger partial charge in [-0.25, -0.2) is 0 Å². The molecule has 0 aliphatic heterocycles. The molecule has 2 aromatic rings. The second-order valence-corrected chi connectivity index (χ2v) is 7.60. The number of benzene rings is 1. The molecule has 6 nitrogen and oxygen atoms in total. The lowest BCUT2D eigenvalue weighted by Crippen LogP contribution is -2.16. The summed E-state index contributed by atoms with van der Waals surface area (Å²) in [5.41, 5.74) is 1.94. The molecule has 1 aromatic heterocycles. The van der Waals surface area contributed by atoms with Crippen molar-refractivity contribution in [3.8, 4) is 11.5 Å². The van der Waals surface area contributed by atoms with E-state index in [0.29, 0.717) is 36.1 Å². The Bertz CT molecular complexity index is 775. The summed E-state index contributed by atoms with van der Waals surface area (Å²) < 4.78 is 13.1. The molecule has 6 heteroatoms. The Hall–Kier alpha value is -2.50. The number of amides is 1. The number of rotatable bonds is 8. The molecule has 148 valence electrons. The highest BCUT2D eigenvalue weighted by Gasteiger charge is 2.22. The molecule has 1 heterocycles. The maximum atomic E-state index is 12.7. The molecule has 0 saturated carbocycles. The number of aryl methyl sites for hydroxylation is 1. The number of nitrogens with one attached hydrogen (secondary N) is 1. The summed E-state index contributed by atoms with van der Waals surface area (Å²) in [6.07, 6.45) is 1.82. The summed E-state index contributed by atoms with van der Waals surface area (Å²) in [5, 5.41) is 7.39. The fourth-order valence-electron chi connectivity index (χ4n) is 2.48. The second-order valence-electron chi connectivity index (χ2n) is 7.60. The van der Waals surface area contributed by atoms with Crippen LogP contribution in [0.3, 0.4) is 0 Å². The predicted molar refractivity (Wildman–Crippen MR) is 108 cm³/mol.